The number of non-ortho nitro benzene ring substituents is 1. The third kappa shape index (κ3) is 8.39. The van der Waals surface area contributed by atoms with E-state index < -0.39 is 39.3 Å². The highest BCUT2D eigenvalue weighted by atomic mass is 35.5. The molecule has 0 radical (unpaired) electrons. The normalized spacial score (nSPS) is 11.8. The zero-order valence-electron chi connectivity index (χ0n) is 24.2. The molecular formula is C32H30Cl2N4O6S. The van der Waals surface area contributed by atoms with Crippen LogP contribution in [0.2, 0.25) is 10.0 Å². The van der Waals surface area contributed by atoms with Gasteiger partial charge in [-0.2, -0.15) is 0 Å². The van der Waals surface area contributed by atoms with E-state index in [4.69, 9.17) is 23.2 Å². The summed E-state index contributed by atoms with van der Waals surface area (Å²) in [6.45, 7) is 1.26. The number of hydrogen-bond acceptors (Lipinski definition) is 6. The summed E-state index contributed by atoms with van der Waals surface area (Å²) < 4.78 is 28.8. The Kier molecular flexibility index (Phi) is 11.2. The molecule has 2 amide bonds. The molecule has 0 aliphatic rings. The van der Waals surface area contributed by atoms with E-state index in [9.17, 15) is 28.1 Å². The van der Waals surface area contributed by atoms with Crippen LogP contribution in [-0.4, -0.2) is 49.2 Å². The molecule has 0 aromatic heterocycles. The molecule has 4 aromatic carbocycles. The van der Waals surface area contributed by atoms with Gasteiger partial charge in [0.1, 0.15) is 12.6 Å². The molecule has 4 rings (SSSR count). The predicted molar refractivity (Wildman–Crippen MR) is 174 cm³/mol. The number of hydrogen-bond donors (Lipinski definition) is 1. The Morgan fingerprint density at radius 2 is 1.49 bits per heavy atom. The molecule has 0 saturated carbocycles. The van der Waals surface area contributed by atoms with Crippen LogP contribution in [0.1, 0.15) is 18.1 Å². The monoisotopic (exact) mass is 668 g/mol. The van der Waals surface area contributed by atoms with Crippen LogP contribution in [0.5, 0.6) is 0 Å². The summed E-state index contributed by atoms with van der Waals surface area (Å²) in [6.07, 6.45) is 0.142. The molecule has 234 valence electrons. The lowest BCUT2D eigenvalue weighted by Crippen LogP contribution is -2.53. The van der Waals surface area contributed by atoms with Gasteiger partial charge in [0.2, 0.25) is 11.8 Å². The highest BCUT2D eigenvalue weighted by Crippen LogP contribution is 2.28. The number of halogens is 2. The first-order valence-electron chi connectivity index (χ1n) is 13.9. The number of nitro benzene ring substituents is 1. The number of benzene rings is 4. The van der Waals surface area contributed by atoms with Crippen LogP contribution in [0.3, 0.4) is 0 Å². The predicted octanol–water partition coefficient (Wildman–Crippen LogP) is 5.87. The van der Waals surface area contributed by atoms with Crippen molar-refractivity contribution in [2.24, 2.45) is 0 Å². The minimum absolute atomic E-state index is 0.0323. The summed E-state index contributed by atoms with van der Waals surface area (Å²) in [5.41, 5.74) is 1.13. The quantitative estimate of drug-likeness (QED) is 0.140. The van der Waals surface area contributed by atoms with Gasteiger partial charge in [-0.15, -0.1) is 0 Å². The van der Waals surface area contributed by atoms with Gasteiger partial charge in [-0.1, -0.05) is 77.8 Å². The third-order valence-electron chi connectivity index (χ3n) is 6.92. The smallest absolute Gasteiger partial charge is 0.269 e. The van der Waals surface area contributed by atoms with Crippen molar-refractivity contribution in [3.05, 3.63) is 134 Å². The number of carbonyl (C=O) groups excluding carboxylic acids is 2. The van der Waals surface area contributed by atoms with Crippen LogP contribution < -0.4 is 9.62 Å². The summed E-state index contributed by atoms with van der Waals surface area (Å²) in [5.74, 6) is -1.12. The first-order valence-corrected chi connectivity index (χ1v) is 16.1. The lowest BCUT2D eigenvalue weighted by atomic mass is 10.0. The van der Waals surface area contributed by atoms with Crippen molar-refractivity contribution in [3.8, 4) is 0 Å². The molecule has 0 saturated heterocycles. The van der Waals surface area contributed by atoms with E-state index >= 15 is 0 Å². The molecule has 0 spiro atoms. The van der Waals surface area contributed by atoms with E-state index in [0.29, 0.717) is 17.1 Å². The first kappa shape index (κ1) is 33.4. The fourth-order valence-electron chi connectivity index (χ4n) is 4.67. The summed E-state index contributed by atoms with van der Waals surface area (Å²) in [7, 11) is -4.34. The molecular weight excluding hydrogens is 639 g/mol. The SMILES string of the molecule is CCNC(=O)[C@@H](Cc1ccccc1)N(Cc1ccc(Cl)c(Cl)c1)C(=O)CN(c1ccc([N+](=O)[O-])cc1)S(=O)(=O)c1ccccc1. The van der Waals surface area contributed by atoms with Crippen molar-refractivity contribution in [2.45, 2.75) is 30.8 Å². The zero-order chi connectivity index (χ0) is 32.6. The first-order chi connectivity index (χ1) is 21.5. The largest absolute Gasteiger partial charge is 0.355 e. The van der Waals surface area contributed by atoms with Crippen molar-refractivity contribution in [3.63, 3.8) is 0 Å². The number of amides is 2. The van der Waals surface area contributed by atoms with Gasteiger partial charge in [-0.25, -0.2) is 8.42 Å². The van der Waals surface area contributed by atoms with Crippen LogP contribution in [0.4, 0.5) is 11.4 Å². The molecule has 13 heteroatoms. The van der Waals surface area contributed by atoms with E-state index in [1.165, 1.54) is 29.2 Å². The van der Waals surface area contributed by atoms with Crippen LogP contribution >= 0.6 is 23.2 Å². The van der Waals surface area contributed by atoms with Gasteiger partial charge in [-0.3, -0.25) is 24.0 Å². The lowest BCUT2D eigenvalue weighted by molar-refractivity contribution is -0.384. The van der Waals surface area contributed by atoms with Crippen LogP contribution in [0.25, 0.3) is 0 Å². The van der Waals surface area contributed by atoms with Gasteiger partial charge in [0, 0.05) is 31.6 Å². The summed E-state index contributed by atoms with van der Waals surface area (Å²) in [5, 5.41) is 14.6. The highest BCUT2D eigenvalue weighted by Gasteiger charge is 2.34. The van der Waals surface area contributed by atoms with Crippen molar-refractivity contribution >= 4 is 56.4 Å². The van der Waals surface area contributed by atoms with Gasteiger partial charge >= 0.3 is 0 Å². The van der Waals surface area contributed by atoms with Gasteiger partial charge in [0.05, 0.1) is 25.6 Å². The fourth-order valence-corrected chi connectivity index (χ4v) is 6.43. The maximum Gasteiger partial charge on any atom is 0.269 e. The molecule has 0 bridgehead atoms. The number of nitrogens with zero attached hydrogens (tertiary/aromatic N) is 3. The summed E-state index contributed by atoms with van der Waals surface area (Å²) >= 11 is 12.4. The van der Waals surface area contributed by atoms with E-state index in [2.05, 4.69) is 5.32 Å². The molecule has 0 heterocycles. The minimum atomic E-state index is -4.34. The number of anilines is 1. The van der Waals surface area contributed by atoms with Gasteiger partial charge in [0.25, 0.3) is 15.7 Å². The van der Waals surface area contributed by atoms with Crippen molar-refractivity contribution in [1.82, 2.24) is 10.2 Å². The Morgan fingerprint density at radius 3 is 2.07 bits per heavy atom. The Morgan fingerprint density at radius 1 is 0.867 bits per heavy atom. The van der Waals surface area contributed by atoms with Crippen LogP contribution in [-0.2, 0) is 32.6 Å². The number of likely N-dealkylation sites (N-methyl/N-ethyl adjacent to an activating group) is 1. The molecule has 45 heavy (non-hydrogen) atoms. The Bertz CT molecular complexity index is 1760. The topological polar surface area (TPSA) is 130 Å². The third-order valence-corrected chi connectivity index (χ3v) is 9.44. The Balaban J connectivity index is 1.81. The molecule has 1 N–H and O–H groups in total. The average molecular weight is 670 g/mol. The highest BCUT2D eigenvalue weighted by molar-refractivity contribution is 7.92. The second-order valence-electron chi connectivity index (χ2n) is 9.97. The van der Waals surface area contributed by atoms with Crippen LogP contribution in [0.15, 0.2) is 108 Å². The number of nitro groups is 1. The van der Waals surface area contributed by atoms with Crippen molar-refractivity contribution in [2.75, 3.05) is 17.4 Å². The summed E-state index contributed by atoms with van der Waals surface area (Å²) in [6, 6.07) is 25.3. The van der Waals surface area contributed by atoms with E-state index in [1.54, 1.807) is 43.3 Å². The van der Waals surface area contributed by atoms with E-state index in [0.717, 1.165) is 22.0 Å². The molecule has 10 nitrogen and oxygen atoms in total. The Labute approximate surface area is 271 Å². The van der Waals surface area contributed by atoms with E-state index in [-0.39, 0.29) is 34.3 Å². The minimum Gasteiger partial charge on any atom is -0.355 e. The second-order valence-corrected chi connectivity index (χ2v) is 12.6. The summed E-state index contributed by atoms with van der Waals surface area (Å²) in [4.78, 5) is 39.8. The maximum atomic E-state index is 14.3. The van der Waals surface area contributed by atoms with Crippen molar-refractivity contribution < 1.29 is 22.9 Å². The fraction of sp³-hybridized carbons (Fsp3) is 0.188. The molecule has 0 aliphatic carbocycles. The van der Waals surface area contributed by atoms with Gasteiger partial charge in [0.15, 0.2) is 0 Å². The van der Waals surface area contributed by atoms with Gasteiger partial charge in [-0.05, 0) is 54.4 Å². The number of sulfonamides is 1. The lowest BCUT2D eigenvalue weighted by Gasteiger charge is -2.33. The molecule has 4 aromatic rings. The number of nitrogens with one attached hydrogen (secondary N) is 1. The second kappa shape index (κ2) is 15.0. The molecule has 0 fully saturated rings. The standard InChI is InChI=1S/C32H30Cl2N4O6S/c1-2-35-32(40)30(20-23-9-5-3-6-10-23)36(21-24-13-18-28(33)29(34)19-24)31(39)22-37(25-14-16-26(17-15-25)38(41)42)45(43,44)27-11-7-4-8-12-27/h3-19,30H,2,20-22H2,1H3,(H,35,40)/t30-/m1/s1. The van der Waals surface area contributed by atoms with Crippen LogP contribution in [0, 0.1) is 10.1 Å². The number of rotatable bonds is 13. The average Bonchev–Trinajstić information content (AvgIpc) is 3.04. The van der Waals surface area contributed by atoms with Crippen molar-refractivity contribution in [1.29, 1.82) is 0 Å². The zero-order valence-corrected chi connectivity index (χ0v) is 26.5. The van der Waals surface area contributed by atoms with Gasteiger partial charge < -0.3 is 10.2 Å². The molecule has 0 aliphatic heterocycles. The van der Waals surface area contributed by atoms with E-state index in [1.807, 2.05) is 30.3 Å². The Hall–Kier alpha value is -4.45. The maximum absolute atomic E-state index is 14.3. The molecule has 0 unspecified atom stereocenters. The number of carbonyl (C=O) groups is 2. The molecule has 1 atom stereocenters.